The number of carbonyl (C=O) groups is 3. The van der Waals surface area contributed by atoms with Gasteiger partial charge in [0.1, 0.15) is 24.0 Å². The number of alkyl carbamates (subject to hydrolysis) is 2. The molecule has 0 fully saturated rings. The third-order valence-corrected chi connectivity index (χ3v) is 4.61. The van der Waals surface area contributed by atoms with Gasteiger partial charge in [0.15, 0.2) is 0 Å². The molecule has 9 nitrogen and oxygen atoms in total. The van der Waals surface area contributed by atoms with Crippen LogP contribution in [0.25, 0.3) is 0 Å². The van der Waals surface area contributed by atoms with Crippen molar-refractivity contribution in [3.8, 4) is 5.75 Å². The first kappa shape index (κ1) is 27.5. The topological polar surface area (TPSA) is 112 Å². The highest BCUT2D eigenvalue weighted by Crippen LogP contribution is 2.14. The number of esters is 1. The van der Waals surface area contributed by atoms with Crippen LogP contribution >= 0.6 is 0 Å². The van der Waals surface area contributed by atoms with Crippen molar-refractivity contribution in [3.63, 3.8) is 0 Å². The van der Waals surface area contributed by atoms with Crippen molar-refractivity contribution in [2.24, 2.45) is 0 Å². The zero-order valence-corrected chi connectivity index (χ0v) is 20.7. The summed E-state index contributed by atoms with van der Waals surface area (Å²) in [7, 11) is 1.26. The minimum absolute atomic E-state index is 0.0971. The highest BCUT2D eigenvalue weighted by Gasteiger charge is 2.23. The first-order valence-corrected chi connectivity index (χ1v) is 11.4. The normalized spacial score (nSPS) is 11.7. The number of rotatable bonds is 11. The van der Waals surface area contributed by atoms with Crippen LogP contribution in [-0.4, -0.2) is 50.1 Å². The van der Waals surface area contributed by atoms with Crippen LogP contribution in [0.4, 0.5) is 9.59 Å². The van der Waals surface area contributed by atoms with Gasteiger partial charge in [0, 0.05) is 13.0 Å². The molecular formula is C26H34N2O7. The van der Waals surface area contributed by atoms with E-state index in [1.807, 2.05) is 30.3 Å². The monoisotopic (exact) mass is 486 g/mol. The van der Waals surface area contributed by atoms with Crippen LogP contribution < -0.4 is 15.4 Å². The van der Waals surface area contributed by atoms with Crippen molar-refractivity contribution in [1.82, 2.24) is 10.6 Å². The fraction of sp³-hybridized carbons (Fsp3) is 0.423. The number of methoxy groups -OCH3 is 1. The maximum atomic E-state index is 12.2. The van der Waals surface area contributed by atoms with Crippen LogP contribution in [0.15, 0.2) is 54.6 Å². The van der Waals surface area contributed by atoms with Crippen molar-refractivity contribution >= 4 is 18.2 Å². The van der Waals surface area contributed by atoms with Gasteiger partial charge in [-0.05, 0) is 50.5 Å². The maximum absolute atomic E-state index is 12.2. The molecule has 9 heteroatoms. The Balaban J connectivity index is 1.77. The summed E-state index contributed by atoms with van der Waals surface area (Å²) in [6.45, 7) is 6.36. The average molecular weight is 487 g/mol. The molecule has 0 bridgehead atoms. The Hall–Kier alpha value is -3.75. The number of ether oxygens (including phenoxy) is 4. The standard InChI is InChI=1S/C26H34N2O7/c1-26(2,3)35-24(30)27-15-8-16-33-21-13-11-19(12-14-21)17-22(23(29)32-4)28-25(31)34-18-20-9-6-5-7-10-20/h5-7,9-14,22H,8,15-18H2,1-4H3,(H,27,30)(H,28,31)/t22-/m0/s1. The van der Waals surface area contributed by atoms with Gasteiger partial charge in [0.25, 0.3) is 0 Å². The van der Waals surface area contributed by atoms with Gasteiger partial charge < -0.3 is 29.6 Å². The first-order chi connectivity index (χ1) is 16.7. The zero-order valence-electron chi connectivity index (χ0n) is 20.7. The van der Waals surface area contributed by atoms with E-state index in [2.05, 4.69) is 10.6 Å². The lowest BCUT2D eigenvalue weighted by Gasteiger charge is -2.19. The van der Waals surface area contributed by atoms with Crippen molar-refractivity contribution in [3.05, 3.63) is 65.7 Å². The van der Waals surface area contributed by atoms with Gasteiger partial charge in [-0.15, -0.1) is 0 Å². The highest BCUT2D eigenvalue weighted by atomic mass is 16.6. The second-order valence-corrected chi connectivity index (χ2v) is 8.76. The van der Waals surface area contributed by atoms with E-state index in [1.165, 1.54) is 7.11 Å². The van der Waals surface area contributed by atoms with Crippen LogP contribution in [0.2, 0.25) is 0 Å². The molecule has 0 saturated carbocycles. The Kier molecular flexibility index (Phi) is 10.9. The molecule has 0 spiro atoms. The Morgan fingerprint density at radius 2 is 1.60 bits per heavy atom. The van der Waals surface area contributed by atoms with Crippen molar-refractivity contribution in [2.45, 2.75) is 51.9 Å². The predicted molar refractivity (Wildman–Crippen MR) is 130 cm³/mol. The second-order valence-electron chi connectivity index (χ2n) is 8.76. The minimum Gasteiger partial charge on any atom is -0.494 e. The van der Waals surface area contributed by atoms with E-state index >= 15 is 0 Å². The third kappa shape index (κ3) is 11.3. The van der Waals surface area contributed by atoms with Gasteiger partial charge in [-0.2, -0.15) is 0 Å². The summed E-state index contributed by atoms with van der Waals surface area (Å²) in [6, 6.07) is 15.5. The summed E-state index contributed by atoms with van der Waals surface area (Å²) < 4.78 is 20.9. The van der Waals surface area contributed by atoms with Crippen LogP contribution in [0.3, 0.4) is 0 Å². The summed E-state index contributed by atoms with van der Waals surface area (Å²) in [6.07, 6.45) is -0.322. The molecule has 0 aliphatic carbocycles. The first-order valence-electron chi connectivity index (χ1n) is 11.4. The quantitative estimate of drug-likeness (QED) is 0.281. The minimum atomic E-state index is -0.894. The van der Waals surface area contributed by atoms with E-state index in [9.17, 15) is 14.4 Å². The number of hydrogen-bond donors (Lipinski definition) is 2. The van der Waals surface area contributed by atoms with Crippen LogP contribution in [0.1, 0.15) is 38.3 Å². The Bertz CT molecular complexity index is 940. The predicted octanol–water partition coefficient (Wildman–Crippen LogP) is 3.99. The molecule has 2 N–H and O–H groups in total. The summed E-state index contributed by atoms with van der Waals surface area (Å²) in [5, 5.41) is 5.24. The number of benzene rings is 2. The van der Waals surface area contributed by atoms with Crippen molar-refractivity contribution < 1.29 is 33.3 Å². The average Bonchev–Trinajstić information content (AvgIpc) is 2.82. The summed E-state index contributed by atoms with van der Waals surface area (Å²) in [5.41, 5.74) is 1.11. The van der Waals surface area contributed by atoms with E-state index < -0.39 is 29.8 Å². The fourth-order valence-corrected chi connectivity index (χ4v) is 2.97. The van der Waals surface area contributed by atoms with Crippen LogP contribution in [-0.2, 0) is 32.0 Å². The number of nitrogens with one attached hydrogen (secondary N) is 2. The smallest absolute Gasteiger partial charge is 0.408 e. The lowest BCUT2D eigenvalue weighted by molar-refractivity contribution is -0.143. The molecule has 0 aliphatic heterocycles. The van der Waals surface area contributed by atoms with E-state index in [1.54, 1.807) is 45.0 Å². The van der Waals surface area contributed by atoms with E-state index in [0.717, 1.165) is 11.1 Å². The summed E-state index contributed by atoms with van der Waals surface area (Å²) >= 11 is 0. The molecule has 0 aliphatic rings. The SMILES string of the molecule is COC(=O)[C@H](Cc1ccc(OCCCNC(=O)OC(C)(C)C)cc1)NC(=O)OCc1ccccc1. The van der Waals surface area contributed by atoms with Gasteiger partial charge in [-0.25, -0.2) is 14.4 Å². The van der Waals surface area contributed by atoms with Crippen LogP contribution in [0, 0.1) is 0 Å². The molecule has 0 radical (unpaired) electrons. The molecule has 0 heterocycles. The van der Waals surface area contributed by atoms with Gasteiger partial charge in [-0.3, -0.25) is 0 Å². The molecule has 2 amide bonds. The van der Waals surface area contributed by atoms with Crippen molar-refractivity contribution in [2.75, 3.05) is 20.3 Å². The lowest BCUT2D eigenvalue weighted by Crippen LogP contribution is -2.43. The van der Waals surface area contributed by atoms with Gasteiger partial charge in [0.05, 0.1) is 13.7 Å². The Morgan fingerprint density at radius 3 is 2.23 bits per heavy atom. The molecular weight excluding hydrogens is 452 g/mol. The molecule has 2 aromatic rings. The van der Waals surface area contributed by atoms with Gasteiger partial charge in [-0.1, -0.05) is 42.5 Å². The lowest BCUT2D eigenvalue weighted by atomic mass is 10.1. The van der Waals surface area contributed by atoms with Crippen molar-refractivity contribution in [1.29, 1.82) is 0 Å². The summed E-state index contributed by atoms with van der Waals surface area (Å²) in [5.74, 6) is 0.0790. The molecule has 1 atom stereocenters. The van der Waals surface area contributed by atoms with E-state index in [-0.39, 0.29) is 13.0 Å². The van der Waals surface area contributed by atoms with E-state index in [0.29, 0.717) is 25.3 Å². The van der Waals surface area contributed by atoms with Gasteiger partial charge in [0.2, 0.25) is 0 Å². The van der Waals surface area contributed by atoms with Gasteiger partial charge >= 0.3 is 18.2 Å². The Morgan fingerprint density at radius 1 is 0.914 bits per heavy atom. The number of amides is 2. The van der Waals surface area contributed by atoms with Crippen LogP contribution in [0.5, 0.6) is 5.75 Å². The molecule has 35 heavy (non-hydrogen) atoms. The molecule has 0 unspecified atom stereocenters. The molecule has 0 saturated heterocycles. The third-order valence-electron chi connectivity index (χ3n) is 4.61. The number of carbonyl (C=O) groups excluding carboxylic acids is 3. The zero-order chi connectivity index (χ0) is 25.7. The Labute approximate surface area is 206 Å². The number of hydrogen-bond acceptors (Lipinski definition) is 7. The fourth-order valence-electron chi connectivity index (χ4n) is 2.97. The molecule has 190 valence electrons. The maximum Gasteiger partial charge on any atom is 0.408 e. The van der Waals surface area contributed by atoms with E-state index in [4.69, 9.17) is 18.9 Å². The summed E-state index contributed by atoms with van der Waals surface area (Å²) in [4.78, 5) is 36.0. The molecule has 0 aromatic heterocycles. The second kappa shape index (κ2) is 13.8. The largest absolute Gasteiger partial charge is 0.494 e. The molecule has 2 rings (SSSR count). The highest BCUT2D eigenvalue weighted by molar-refractivity contribution is 5.81. The molecule has 2 aromatic carbocycles.